The van der Waals surface area contributed by atoms with Crippen molar-refractivity contribution < 1.29 is 14.3 Å². The van der Waals surface area contributed by atoms with Crippen molar-refractivity contribution in [3.8, 4) is 11.5 Å². The summed E-state index contributed by atoms with van der Waals surface area (Å²) in [5, 5.41) is 4.40. The fraction of sp³-hybridized carbons (Fsp3) is 0.200. The molecular formula is C20H19N3O3. The number of imidazole rings is 1. The first-order valence-electron chi connectivity index (χ1n) is 8.49. The van der Waals surface area contributed by atoms with Crippen molar-refractivity contribution in [2.45, 2.75) is 6.04 Å². The van der Waals surface area contributed by atoms with Gasteiger partial charge in [0, 0.05) is 18.0 Å². The summed E-state index contributed by atoms with van der Waals surface area (Å²) < 4.78 is 13.5. The first-order valence-corrected chi connectivity index (χ1v) is 8.49. The van der Waals surface area contributed by atoms with E-state index in [-0.39, 0.29) is 6.04 Å². The topological polar surface area (TPSA) is 57.9 Å². The van der Waals surface area contributed by atoms with Gasteiger partial charge in [0.25, 0.3) is 0 Å². The van der Waals surface area contributed by atoms with Crippen molar-refractivity contribution in [3.05, 3.63) is 78.9 Å². The Morgan fingerprint density at radius 3 is 2.77 bits per heavy atom. The van der Waals surface area contributed by atoms with Crippen molar-refractivity contribution >= 4 is 5.71 Å². The zero-order chi connectivity index (χ0) is 17.6. The van der Waals surface area contributed by atoms with E-state index in [2.05, 4.69) is 10.1 Å². The van der Waals surface area contributed by atoms with Crippen LogP contribution in [0.15, 0.2) is 78.5 Å². The number of ether oxygens (including phenoxy) is 2. The van der Waals surface area contributed by atoms with Gasteiger partial charge in [-0.1, -0.05) is 35.5 Å². The smallest absolute Gasteiger partial charge is 0.151 e. The van der Waals surface area contributed by atoms with Gasteiger partial charge < -0.3 is 18.9 Å². The van der Waals surface area contributed by atoms with Crippen LogP contribution in [0.2, 0.25) is 0 Å². The lowest BCUT2D eigenvalue weighted by Gasteiger charge is -2.27. The SMILES string of the molecule is c1ccc(OCCO/N=C2\c3ccccc3OCC2n2ccnc2)cc1. The Hall–Kier alpha value is -3.28. The number of rotatable bonds is 6. The minimum atomic E-state index is -0.0811. The van der Waals surface area contributed by atoms with E-state index < -0.39 is 0 Å². The molecule has 1 atom stereocenters. The number of hydrogen-bond donors (Lipinski definition) is 0. The lowest BCUT2D eigenvalue weighted by Crippen LogP contribution is -2.31. The molecule has 2 aromatic carbocycles. The molecule has 0 saturated carbocycles. The fourth-order valence-electron chi connectivity index (χ4n) is 2.85. The Morgan fingerprint density at radius 2 is 1.92 bits per heavy atom. The number of aromatic nitrogens is 2. The Bertz CT molecular complexity index is 863. The van der Waals surface area contributed by atoms with Gasteiger partial charge >= 0.3 is 0 Å². The molecule has 0 fully saturated rings. The standard InChI is InChI=1S/C20H19N3O3/c1-2-6-16(7-3-1)24-12-13-26-22-20-17-8-4-5-9-19(17)25-14-18(20)23-11-10-21-15-23/h1-11,15,18H,12-14H2/b22-20+. The van der Waals surface area contributed by atoms with Crippen LogP contribution in [0.4, 0.5) is 0 Å². The molecule has 0 saturated heterocycles. The average Bonchev–Trinajstić information content (AvgIpc) is 3.23. The Balaban J connectivity index is 1.46. The van der Waals surface area contributed by atoms with Gasteiger partial charge in [-0.25, -0.2) is 4.98 Å². The summed E-state index contributed by atoms with van der Waals surface area (Å²) in [6, 6.07) is 17.4. The summed E-state index contributed by atoms with van der Waals surface area (Å²) in [4.78, 5) is 9.68. The van der Waals surface area contributed by atoms with Crippen molar-refractivity contribution in [2.24, 2.45) is 5.16 Å². The molecule has 0 N–H and O–H groups in total. The first-order chi connectivity index (χ1) is 12.9. The van der Waals surface area contributed by atoms with Crippen LogP contribution in [-0.2, 0) is 4.84 Å². The third-order valence-corrected chi connectivity index (χ3v) is 4.11. The maximum absolute atomic E-state index is 5.87. The highest BCUT2D eigenvalue weighted by atomic mass is 16.6. The lowest BCUT2D eigenvalue weighted by atomic mass is 10.00. The molecule has 2 heterocycles. The second kappa shape index (κ2) is 7.74. The Morgan fingerprint density at radius 1 is 1.08 bits per heavy atom. The average molecular weight is 349 g/mol. The van der Waals surface area contributed by atoms with Gasteiger partial charge in [0.05, 0.1) is 6.33 Å². The molecule has 26 heavy (non-hydrogen) atoms. The van der Waals surface area contributed by atoms with Crippen LogP contribution in [-0.4, -0.2) is 35.1 Å². The van der Waals surface area contributed by atoms with Crippen LogP contribution in [0, 0.1) is 0 Å². The highest BCUT2D eigenvalue weighted by Crippen LogP contribution is 2.30. The number of benzene rings is 2. The Kier molecular flexibility index (Phi) is 4.82. The second-order valence-corrected chi connectivity index (χ2v) is 5.80. The number of fused-ring (bicyclic) bond motifs is 1. The largest absolute Gasteiger partial charge is 0.490 e. The molecule has 3 aromatic rings. The summed E-state index contributed by atoms with van der Waals surface area (Å²) in [6.07, 6.45) is 5.40. The van der Waals surface area contributed by atoms with E-state index in [9.17, 15) is 0 Å². The molecular weight excluding hydrogens is 330 g/mol. The summed E-state index contributed by atoms with van der Waals surface area (Å²) in [5.74, 6) is 1.63. The van der Waals surface area contributed by atoms with Crippen molar-refractivity contribution in [1.82, 2.24) is 9.55 Å². The minimum Gasteiger partial charge on any atom is -0.490 e. The lowest BCUT2D eigenvalue weighted by molar-refractivity contribution is 0.105. The zero-order valence-electron chi connectivity index (χ0n) is 14.2. The van der Waals surface area contributed by atoms with Gasteiger partial charge in [-0.2, -0.15) is 0 Å². The zero-order valence-corrected chi connectivity index (χ0v) is 14.2. The molecule has 4 rings (SSSR count). The second-order valence-electron chi connectivity index (χ2n) is 5.80. The van der Waals surface area contributed by atoms with Gasteiger partial charge in [-0.15, -0.1) is 0 Å². The van der Waals surface area contributed by atoms with Crippen LogP contribution >= 0.6 is 0 Å². The summed E-state index contributed by atoms with van der Waals surface area (Å²) in [6.45, 7) is 1.27. The van der Waals surface area contributed by atoms with Crippen LogP contribution in [0.5, 0.6) is 11.5 Å². The van der Waals surface area contributed by atoms with E-state index in [0.29, 0.717) is 19.8 Å². The van der Waals surface area contributed by atoms with Gasteiger partial charge in [-0.3, -0.25) is 0 Å². The van der Waals surface area contributed by atoms with E-state index in [0.717, 1.165) is 22.8 Å². The predicted molar refractivity (Wildman–Crippen MR) is 97.6 cm³/mol. The molecule has 6 nitrogen and oxygen atoms in total. The number of oxime groups is 1. The molecule has 1 aliphatic heterocycles. The maximum atomic E-state index is 5.87. The monoisotopic (exact) mass is 349 g/mol. The molecule has 0 radical (unpaired) electrons. The molecule has 1 unspecified atom stereocenters. The molecule has 1 aliphatic rings. The van der Waals surface area contributed by atoms with Crippen LogP contribution < -0.4 is 9.47 Å². The van der Waals surface area contributed by atoms with Crippen LogP contribution in [0.3, 0.4) is 0 Å². The van der Waals surface area contributed by atoms with Crippen molar-refractivity contribution in [3.63, 3.8) is 0 Å². The summed E-state index contributed by atoms with van der Waals surface area (Å²) in [5.41, 5.74) is 1.76. The molecule has 0 aliphatic carbocycles. The highest BCUT2D eigenvalue weighted by molar-refractivity contribution is 6.06. The normalized spacial score (nSPS) is 17.4. The van der Waals surface area contributed by atoms with Crippen LogP contribution in [0.1, 0.15) is 11.6 Å². The van der Waals surface area contributed by atoms with Crippen molar-refractivity contribution in [1.29, 1.82) is 0 Å². The highest BCUT2D eigenvalue weighted by Gasteiger charge is 2.28. The first kappa shape index (κ1) is 16.2. The molecule has 1 aromatic heterocycles. The van der Waals surface area contributed by atoms with Crippen molar-refractivity contribution in [2.75, 3.05) is 19.8 Å². The van der Waals surface area contributed by atoms with E-state index in [4.69, 9.17) is 14.3 Å². The summed E-state index contributed by atoms with van der Waals surface area (Å²) >= 11 is 0. The quantitative estimate of drug-likeness (QED) is 0.506. The predicted octanol–water partition coefficient (Wildman–Crippen LogP) is 3.32. The molecule has 0 bridgehead atoms. The molecule has 6 heteroatoms. The third kappa shape index (κ3) is 3.54. The third-order valence-electron chi connectivity index (χ3n) is 4.11. The van der Waals surface area contributed by atoms with Gasteiger partial charge in [0.2, 0.25) is 0 Å². The summed E-state index contributed by atoms with van der Waals surface area (Å²) in [7, 11) is 0. The number of hydrogen-bond acceptors (Lipinski definition) is 5. The van der Waals surface area contributed by atoms with E-state index >= 15 is 0 Å². The van der Waals surface area contributed by atoms with E-state index in [1.165, 1.54) is 0 Å². The van der Waals surface area contributed by atoms with E-state index in [1.54, 1.807) is 12.5 Å². The Labute approximate surface area is 151 Å². The van der Waals surface area contributed by atoms with Gasteiger partial charge in [-0.05, 0) is 24.3 Å². The number of para-hydroxylation sites is 2. The van der Waals surface area contributed by atoms with E-state index in [1.807, 2.05) is 65.4 Å². The maximum Gasteiger partial charge on any atom is 0.151 e. The van der Waals surface area contributed by atoms with Gasteiger partial charge in [0.1, 0.15) is 36.5 Å². The van der Waals surface area contributed by atoms with Gasteiger partial charge in [0.15, 0.2) is 6.61 Å². The van der Waals surface area contributed by atoms with Crippen LogP contribution in [0.25, 0.3) is 0 Å². The minimum absolute atomic E-state index is 0.0811. The molecule has 0 amide bonds. The molecule has 132 valence electrons. The molecule has 0 spiro atoms. The number of nitrogens with zero attached hydrogens (tertiary/aromatic N) is 3. The fourth-order valence-corrected chi connectivity index (χ4v) is 2.85.